The van der Waals surface area contributed by atoms with Crippen molar-refractivity contribution in [3.8, 4) is 0 Å². The van der Waals surface area contributed by atoms with E-state index in [4.69, 9.17) is 4.74 Å². The van der Waals surface area contributed by atoms with Gasteiger partial charge in [0, 0.05) is 6.20 Å². The van der Waals surface area contributed by atoms with Crippen LogP contribution >= 0.6 is 0 Å². The van der Waals surface area contributed by atoms with Crippen LogP contribution in [-0.4, -0.2) is 37.1 Å². The fourth-order valence-corrected chi connectivity index (χ4v) is 2.19. The van der Waals surface area contributed by atoms with Crippen LogP contribution in [0, 0.1) is 5.41 Å². The summed E-state index contributed by atoms with van der Waals surface area (Å²) in [5.74, 6) is -0.234. The van der Waals surface area contributed by atoms with E-state index in [1.54, 1.807) is 6.20 Å². The highest BCUT2D eigenvalue weighted by atomic mass is 16.5. The molecule has 4 nitrogen and oxygen atoms in total. The van der Waals surface area contributed by atoms with Gasteiger partial charge in [-0.25, -0.2) is 0 Å². The number of hydrogen-bond donors (Lipinski definition) is 0. The molecular formula is C13H20N2O2. The normalized spacial score (nSPS) is 13.5. The Hall–Kier alpha value is -1.42. The topological polar surface area (TPSA) is 42.4 Å². The zero-order valence-corrected chi connectivity index (χ0v) is 11.1. The third-order valence-corrected chi connectivity index (χ3v) is 2.88. The van der Waals surface area contributed by atoms with Crippen LogP contribution in [0.3, 0.4) is 0 Å². The second-order valence-electron chi connectivity index (χ2n) is 4.83. The van der Waals surface area contributed by atoms with Crippen LogP contribution in [0.15, 0.2) is 24.4 Å². The first-order chi connectivity index (χ1) is 7.91. The van der Waals surface area contributed by atoms with Gasteiger partial charge in [-0.15, -0.1) is 0 Å². The van der Waals surface area contributed by atoms with Crippen molar-refractivity contribution in [3.63, 3.8) is 0 Å². The Morgan fingerprint density at radius 1 is 1.41 bits per heavy atom. The number of aromatic nitrogens is 1. The van der Waals surface area contributed by atoms with E-state index in [2.05, 4.69) is 4.98 Å². The van der Waals surface area contributed by atoms with Crippen LogP contribution in [0.4, 0.5) is 0 Å². The third-order valence-electron chi connectivity index (χ3n) is 2.88. The summed E-state index contributed by atoms with van der Waals surface area (Å²) in [6.45, 7) is 3.75. The molecule has 1 unspecified atom stereocenters. The maximum Gasteiger partial charge on any atom is 0.313 e. The standard InChI is InChI=1S/C13H20N2O2/c1-13(2,12(16)17-5)11(15(3)4)10-8-6-7-9-14-10/h6-9,11H,1-5H3. The number of ether oxygens (including phenoxy) is 1. The lowest BCUT2D eigenvalue weighted by atomic mass is 9.81. The molecule has 1 aromatic heterocycles. The van der Waals surface area contributed by atoms with Gasteiger partial charge in [0.05, 0.1) is 24.3 Å². The van der Waals surface area contributed by atoms with E-state index in [0.29, 0.717) is 0 Å². The fourth-order valence-electron chi connectivity index (χ4n) is 2.19. The van der Waals surface area contributed by atoms with E-state index < -0.39 is 5.41 Å². The second-order valence-corrected chi connectivity index (χ2v) is 4.83. The molecule has 0 saturated carbocycles. The number of carbonyl (C=O) groups is 1. The molecule has 0 aliphatic carbocycles. The molecule has 0 radical (unpaired) electrons. The molecule has 1 aromatic rings. The van der Waals surface area contributed by atoms with Gasteiger partial charge in [0.2, 0.25) is 0 Å². The van der Waals surface area contributed by atoms with Crippen LogP contribution in [-0.2, 0) is 9.53 Å². The van der Waals surface area contributed by atoms with Crippen LogP contribution in [0.2, 0.25) is 0 Å². The SMILES string of the molecule is COC(=O)C(C)(C)C(c1ccccn1)N(C)C. The van der Waals surface area contributed by atoms with Gasteiger partial charge in [-0.2, -0.15) is 0 Å². The van der Waals surface area contributed by atoms with Gasteiger partial charge < -0.3 is 4.74 Å². The summed E-state index contributed by atoms with van der Waals surface area (Å²) in [4.78, 5) is 18.2. The number of hydrogen-bond acceptors (Lipinski definition) is 4. The highest BCUT2D eigenvalue weighted by molar-refractivity contribution is 5.77. The Balaban J connectivity index is 3.15. The van der Waals surface area contributed by atoms with Gasteiger partial charge >= 0.3 is 5.97 Å². The molecule has 0 aliphatic rings. The average molecular weight is 236 g/mol. The summed E-state index contributed by atoms with van der Waals surface area (Å²) in [6.07, 6.45) is 1.74. The molecule has 94 valence electrons. The van der Waals surface area contributed by atoms with E-state index in [-0.39, 0.29) is 12.0 Å². The zero-order chi connectivity index (χ0) is 13.1. The number of pyridine rings is 1. The zero-order valence-electron chi connectivity index (χ0n) is 11.1. The Morgan fingerprint density at radius 2 is 2.06 bits per heavy atom. The molecular weight excluding hydrogens is 216 g/mol. The summed E-state index contributed by atoms with van der Waals surface area (Å²) in [5, 5.41) is 0. The quantitative estimate of drug-likeness (QED) is 0.749. The molecule has 0 N–H and O–H groups in total. The first kappa shape index (κ1) is 13.6. The molecule has 0 spiro atoms. The molecule has 0 aliphatic heterocycles. The number of methoxy groups -OCH3 is 1. The molecule has 0 amide bonds. The van der Waals surface area contributed by atoms with Gasteiger partial charge in [-0.05, 0) is 40.1 Å². The van der Waals surface area contributed by atoms with Crippen molar-refractivity contribution in [3.05, 3.63) is 30.1 Å². The molecule has 1 heterocycles. The second kappa shape index (κ2) is 5.27. The molecule has 1 atom stereocenters. The predicted molar refractivity (Wildman–Crippen MR) is 66.5 cm³/mol. The monoisotopic (exact) mass is 236 g/mol. The Bertz CT molecular complexity index is 374. The first-order valence-electron chi connectivity index (χ1n) is 5.57. The number of esters is 1. The Kier molecular flexibility index (Phi) is 4.23. The van der Waals surface area contributed by atoms with Gasteiger partial charge in [0.25, 0.3) is 0 Å². The van der Waals surface area contributed by atoms with Crippen molar-refractivity contribution < 1.29 is 9.53 Å². The van der Waals surface area contributed by atoms with Gasteiger partial charge in [-0.1, -0.05) is 6.07 Å². The van der Waals surface area contributed by atoms with E-state index >= 15 is 0 Å². The summed E-state index contributed by atoms with van der Waals surface area (Å²) >= 11 is 0. The minimum atomic E-state index is -0.646. The lowest BCUT2D eigenvalue weighted by Gasteiger charge is -2.35. The van der Waals surface area contributed by atoms with E-state index in [1.165, 1.54) is 7.11 Å². The van der Waals surface area contributed by atoms with Crippen LogP contribution < -0.4 is 0 Å². The van der Waals surface area contributed by atoms with Crippen molar-refractivity contribution in [2.24, 2.45) is 5.41 Å². The summed E-state index contributed by atoms with van der Waals surface area (Å²) in [6, 6.07) is 5.60. The van der Waals surface area contributed by atoms with Crippen molar-refractivity contribution in [2.75, 3.05) is 21.2 Å². The molecule has 0 bridgehead atoms. The first-order valence-corrected chi connectivity index (χ1v) is 5.57. The maximum absolute atomic E-state index is 11.9. The van der Waals surface area contributed by atoms with Crippen LogP contribution in [0.25, 0.3) is 0 Å². The third kappa shape index (κ3) is 2.82. The van der Waals surface area contributed by atoms with Crippen molar-refractivity contribution >= 4 is 5.97 Å². The molecule has 4 heteroatoms. The predicted octanol–water partition coefficient (Wildman–Crippen LogP) is 1.88. The van der Waals surface area contributed by atoms with Crippen molar-refractivity contribution in [1.82, 2.24) is 9.88 Å². The lowest BCUT2D eigenvalue weighted by molar-refractivity contribution is -0.154. The highest BCUT2D eigenvalue weighted by Crippen LogP contribution is 2.36. The molecule has 0 fully saturated rings. The van der Waals surface area contributed by atoms with Gasteiger partial charge in [0.15, 0.2) is 0 Å². The van der Waals surface area contributed by atoms with Gasteiger partial charge in [0.1, 0.15) is 0 Å². The van der Waals surface area contributed by atoms with E-state index in [0.717, 1.165) is 5.69 Å². The lowest BCUT2D eigenvalue weighted by Crippen LogP contribution is -2.40. The van der Waals surface area contributed by atoms with E-state index in [9.17, 15) is 4.79 Å². The minimum absolute atomic E-state index is 0.115. The van der Waals surface area contributed by atoms with Crippen molar-refractivity contribution in [1.29, 1.82) is 0 Å². The Morgan fingerprint density at radius 3 is 2.47 bits per heavy atom. The summed E-state index contributed by atoms with van der Waals surface area (Å²) < 4.78 is 4.87. The number of nitrogens with zero attached hydrogens (tertiary/aromatic N) is 2. The minimum Gasteiger partial charge on any atom is -0.469 e. The average Bonchev–Trinajstić information content (AvgIpc) is 2.28. The fraction of sp³-hybridized carbons (Fsp3) is 0.538. The Labute approximate surface area is 103 Å². The van der Waals surface area contributed by atoms with E-state index in [1.807, 2.05) is 51.0 Å². The smallest absolute Gasteiger partial charge is 0.313 e. The summed E-state index contributed by atoms with van der Waals surface area (Å²) in [5.41, 5.74) is 0.222. The highest BCUT2D eigenvalue weighted by Gasteiger charge is 2.40. The maximum atomic E-state index is 11.9. The van der Waals surface area contributed by atoms with Crippen LogP contribution in [0.5, 0.6) is 0 Å². The molecule has 0 aromatic carbocycles. The van der Waals surface area contributed by atoms with Crippen LogP contribution in [0.1, 0.15) is 25.6 Å². The van der Waals surface area contributed by atoms with Crippen molar-refractivity contribution in [2.45, 2.75) is 19.9 Å². The molecule has 17 heavy (non-hydrogen) atoms. The number of carbonyl (C=O) groups excluding carboxylic acids is 1. The largest absolute Gasteiger partial charge is 0.469 e. The van der Waals surface area contributed by atoms with Gasteiger partial charge in [-0.3, -0.25) is 14.7 Å². The molecule has 1 rings (SSSR count). The molecule has 0 saturated heterocycles. The number of rotatable bonds is 4. The summed E-state index contributed by atoms with van der Waals surface area (Å²) in [7, 11) is 5.28.